The Balaban J connectivity index is 2.44. The molecule has 2 N–H and O–H groups in total. The smallest absolute Gasteiger partial charge is 0.272 e. The van der Waals surface area contributed by atoms with Crippen molar-refractivity contribution >= 4 is 17.4 Å². The Morgan fingerprint density at radius 2 is 2.46 bits per heavy atom. The molecule has 1 aromatic rings. The van der Waals surface area contributed by atoms with E-state index in [4.69, 9.17) is 0 Å². The van der Waals surface area contributed by atoms with Gasteiger partial charge in [0.25, 0.3) is 5.91 Å². The van der Waals surface area contributed by atoms with Gasteiger partial charge in [0.2, 0.25) is 0 Å². The van der Waals surface area contributed by atoms with E-state index in [9.17, 15) is 9.90 Å². The van der Waals surface area contributed by atoms with E-state index in [1.807, 2.05) is 0 Å². The first kappa shape index (κ1) is 10.1. The maximum atomic E-state index is 11.2. The summed E-state index contributed by atoms with van der Waals surface area (Å²) in [7, 11) is 0. The number of carbonyl (C=O) groups excluding carboxylic acids is 1. The van der Waals surface area contributed by atoms with Gasteiger partial charge in [0.15, 0.2) is 5.69 Å². The van der Waals surface area contributed by atoms with Gasteiger partial charge in [0.05, 0.1) is 5.60 Å². The maximum Gasteiger partial charge on any atom is 0.272 e. The molecule has 1 rings (SSSR count). The van der Waals surface area contributed by atoms with E-state index in [1.54, 1.807) is 19.2 Å². The van der Waals surface area contributed by atoms with Crippen molar-refractivity contribution in [3.05, 3.63) is 11.1 Å². The quantitative estimate of drug-likeness (QED) is 0.724. The molecular weight excluding hydrogens is 190 g/mol. The van der Waals surface area contributed by atoms with Crippen molar-refractivity contribution in [3.63, 3.8) is 0 Å². The second-order valence-electron chi connectivity index (χ2n) is 3.29. The van der Waals surface area contributed by atoms with Crippen LogP contribution in [-0.2, 0) is 0 Å². The van der Waals surface area contributed by atoms with Crippen LogP contribution in [0, 0.1) is 0 Å². The van der Waals surface area contributed by atoms with Crippen molar-refractivity contribution in [2.75, 3.05) is 6.54 Å². The van der Waals surface area contributed by atoms with E-state index in [-0.39, 0.29) is 18.1 Å². The average Bonchev–Trinajstić information content (AvgIpc) is 2.50. The van der Waals surface area contributed by atoms with Gasteiger partial charge in [-0.15, -0.1) is 5.10 Å². The summed E-state index contributed by atoms with van der Waals surface area (Å²) in [5, 5.41) is 17.0. The van der Waals surface area contributed by atoms with E-state index < -0.39 is 5.60 Å². The Labute approximate surface area is 80.0 Å². The summed E-state index contributed by atoms with van der Waals surface area (Å²) in [6, 6.07) is 0. The van der Waals surface area contributed by atoms with Crippen molar-refractivity contribution in [3.8, 4) is 0 Å². The largest absolute Gasteiger partial charge is 0.389 e. The molecule has 5 nitrogen and oxygen atoms in total. The fraction of sp³-hybridized carbons (Fsp3) is 0.571. The molecule has 0 spiro atoms. The molecule has 1 amide bonds. The summed E-state index contributed by atoms with van der Waals surface area (Å²) in [6.45, 7) is 3.43. The van der Waals surface area contributed by atoms with Crippen LogP contribution in [-0.4, -0.2) is 32.7 Å². The molecular formula is C7H11N3O2S. The van der Waals surface area contributed by atoms with Crippen LogP contribution in [0.3, 0.4) is 0 Å². The molecule has 0 aromatic carbocycles. The second kappa shape index (κ2) is 3.80. The summed E-state index contributed by atoms with van der Waals surface area (Å²) in [4.78, 5) is 11.2. The summed E-state index contributed by atoms with van der Waals surface area (Å²) in [5.74, 6) is -0.309. The highest BCUT2D eigenvalue weighted by Gasteiger charge is 2.15. The highest BCUT2D eigenvalue weighted by atomic mass is 32.1. The lowest BCUT2D eigenvalue weighted by Gasteiger charge is -2.16. The van der Waals surface area contributed by atoms with Gasteiger partial charge in [-0.3, -0.25) is 4.79 Å². The zero-order valence-electron chi connectivity index (χ0n) is 7.44. The van der Waals surface area contributed by atoms with Gasteiger partial charge in [0.1, 0.15) is 0 Å². The van der Waals surface area contributed by atoms with Gasteiger partial charge in [-0.2, -0.15) is 0 Å². The summed E-state index contributed by atoms with van der Waals surface area (Å²) < 4.78 is 3.56. The first-order valence-corrected chi connectivity index (χ1v) is 4.60. The summed E-state index contributed by atoms with van der Waals surface area (Å²) >= 11 is 1.12. The minimum absolute atomic E-state index is 0.198. The molecule has 13 heavy (non-hydrogen) atoms. The van der Waals surface area contributed by atoms with Gasteiger partial charge in [-0.1, -0.05) is 4.49 Å². The topological polar surface area (TPSA) is 75.1 Å². The van der Waals surface area contributed by atoms with Gasteiger partial charge >= 0.3 is 0 Å². The molecule has 1 heterocycles. The third-order valence-electron chi connectivity index (χ3n) is 1.27. The number of rotatable bonds is 3. The first-order chi connectivity index (χ1) is 5.99. The van der Waals surface area contributed by atoms with Crippen LogP contribution in [0.1, 0.15) is 24.3 Å². The fourth-order valence-electron chi connectivity index (χ4n) is 0.651. The molecule has 0 saturated heterocycles. The molecule has 0 bridgehead atoms. The number of carbonyl (C=O) groups is 1. The average molecular weight is 201 g/mol. The van der Waals surface area contributed by atoms with Crippen LogP contribution < -0.4 is 5.32 Å². The van der Waals surface area contributed by atoms with E-state index in [2.05, 4.69) is 14.9 Å². The Morgan fingerprint density at radius 1 is 1.77 bits per heavy atom. The predicted octanol–water partition coefficient (Wildman–Crippen LogP) is 0.0388. The molecule has 0 saturated carbocycles. The van der Waals surface area contributed by atoms with E-state index in [0.717, 1.165) is 11.5 Å². The minimum Gasteiger partial charge on any atom is -0.389 e. The van der Waals surface area contributed by atoms with Crippen LogP contribution in [0.4, 0.5) is 0 Å². The molecule has 0 aliphatic heterocycles. The van der Waals surface area contributed by atoms with Crippen LogP contribution in [0.2, 0.25) is 0 Å². The predicted molar refractivity (Wildman–Crippen MR) is 48.5 cm³/mol. The van der Waals surface area contributed by atoms with E-state index in [1.165, 1.54) is 0 Å². The lowest BCUT2D eigenvalue weighted by atomic mass is 10.1. The van der Waals surface area contributed by atoms with Crippen LogP contribution in [0.15, 0.2) is 5.38 Å². The molecule has 72 valence electrons. The highest BCUT2D eigenvalue weighted by Crippen LogP contribution is 2.00. The van der Waals surface area contributed by atoms with Crippen molar-refractivity contribution in [2.24, 2.45) is 0 Å². The fourth-order valence-corrected chi connectivity index (χ4v) is 1.09. The van der Waals surface area contributed by atoms with Gasteiger partial charge in [-0.25, -0.2) is 0 Å². The summed E-state index contributed by atoms with van der Waals surface area (Å²) in [6.07, 6.45) is 0. The highest BCUT2D eigenvalue weighted by molar-refractivity contribution is 7.03. The van der Waals surface area contributed by atoms with Gasteiger partial charge < -0.3 is 10.4 Å². The maximum absolute atomic E-state index is 11.2. The number of nitrogens with one attached hydrogen (secondary N) is 1. The molecule has 0 radical (unpaired) electrons. The van der Waals surface area contributed by atoms with Gasteiger partial charge in [0, 0.05) is 11.9 Å². The Bertz CT molecular complexity index is 278. The number of aliphatic hydroxyl groups is 1. The SMILES string of the molecule is CC(C)(O)CNC(=O)c1csnn1. The van der Waals surface area contributed by atoms with Crippen LogP contribution >= 0.6 is 11.5 Å². The first-order valence-electron chi connectivity index (χ1n) is 3.77. The Kier molecular flexibility index (Phi) is 2.94. The van der Waals surface area contributed by atoms with Crippen LogP contribution in [0.25, 0.3) is 0 Å². The van der Waals surface area contributed by atoms with Crippen molar-refractivity contribution in [1.82, 2.24) is 14.9 Å². The molecule has 0 aliphatic rings. The van der Waals surface area contributed by atoms with Crippen LogP contribution in [0.5, 0.6) is 0 Å². The zero-order valence-corrected chi connectivity index (χ0v) is 8.26. The third kappa shape index (κ3) is 3.47. The minimum atomic E-state index is -0.904. The monoisotopic (exact) mass is 201 g/mol. The molecule has 6 heteroatoms. The number of hydrogen-bond acceptors (Lipinski definition) is 5. The lowest BCUT2D eigenvalue weighted by molar-refractivity contribution is 0.0692. The number of amides is 1. The normalized spacial score (nSPS) is 11.3. The second-order valence-corrected chi connectivity index (χ2v) is 3.90. The molecule has 1 aromatic heterocycles. The molecule has 0 atom stereocenters. The van der Waals surface area contributed by atoms with Crippen molar-refractivity contribution in [1.29, 1.82) is 0 Å². The molecule has 0 fully saturated rings. The number of nitrogens with zero attached hydrogens (tertiary/aromatic N) is 2. The van der Waals surface area contributed by atoms with Crippen molar-refractivity contribution < 1.29 is 9.90 Å². The van der Waals surface area contributed by atoms with Crippen molar-refractivity contribution in [2.45, 2.75) is 19.4 Å². The van der Waals surface area contributed by atoms with Gasteiger partial charge in [-0.05, 0) is 25.4 Å². The summed E-state index contributed by atoms with van der Waals surface area (Å²) in [5.41, 5.74) is -0.617. The Hall–Kier alpha value is -1.01. The standard InChI is InChI=1S/C7H11N3O2S/c1-7(2,12)4-8-6(11)5-3-13-10-9-5/h3,12H,4H2,1-2H3,(H,8,11). The Morgan fingerprint density at radius 3 is 2.92 bits per heavy atom. The molecule has 0 aliphatic carbocycles. The van der Waals surface area contributed by atoms with E-state index in [0.29, 0.717) is 0 Å². The number of hydrogen-bond donors (Lipinski definition) is 2. The van der Waals surface area contributed by atoms with E-state index >= 15 is 0 Å². The molecule has 0 unspecified atom stereocenters. The lowest BCUT2D eigenvalue weighted by Crippen LogP contribution is -2.38. The zero-order chi connectivity index (χ0) is 9.90. The number of aromatic nitrogens is 2. The third-order valence-corrected chi connectivity index (χ3v) is 1.78.